The first-order valence-electron chi connectivity index (χ1n) is 6.22. The molecule has 1 saturated carbocycles. The van der Waals surface area contributed by atoms with Gasteiger partial charge in [0.1, 0.15) is 17.1 Å². The number of rotatable bonds is 2. The smallest absolute Gasteiger partial charge is 0.218 e. The third-order valence-corrected chi connectivity index (χ3v) is 3.81. The van der Waals surface area contributed by atoms with Crippen molar-refractivity contribution in [3.8, 4) is 5.88 Å². The summed E-state index contributed by atoms with van der Waals surface area (Å²) in [7, 11) is 0. The highest BCUT2D eigenvalue weighted by molar-refractivity contribution is 6.29. The van der Waals surface area contributed by atoms with Crippen molar-refractivity contribution in [3.63, 3.8) is 0 Å². The zero-order valence-corrected chi connectivity index (χ0v) is 11.4. The zero-order valence-electron chi connectivity index (χ0n) is 10.6. The molecule has 0 aliphatic heterocycles. The second-order valence-corrected chi connectivity index (χ2v) is 5.47. The second-order valence-electron chi connectivity index (χ2n) is 5.08. The van der Waals surface area contributed by atoms with Crippen LogP contribution in [0.2, 0.25) is 5.15 Å². The molecule has 0 aromatic carbocycles. The highest BCUT2D eigenvalue weighted by Crippen LogP contribution is 2.31. The predicted molar refractivity (Wildman–Crippen MR) is 68.4 cm³/mol. The van der Waals surface area contributed by atoms with Crippen molar-refractivity contribution in [3.05, 3.63) is 17.0 Å². The van der Waals surface area contributed by atoms with E-state index in [1.165, 1.54) is 6.42 Å². The van der Waals surface area contributed by atoms with Crippen LogP contribution in [0.1, 0.15) is 38.9 Å². The van der Waals surface area contributed by atoms with E-state index in [9.17, 15) is 0 Å². The fraction of sp³-hybridized carbons (Fsp3) is 0.692. The summed E-state index contributed by atoms with van der Waals surface area (Å²) in [6, 6.07) is 1.69. The van der Waals surface area contributed by atoms with Crippen LogP contribution in [0, 0.1) is 18.8 Å². The lowest BCUT2D eigenvalue weighted by molar-refractivity contribution is 0.0962. The fourth-order valence-electron chi connectivity index (χ4n) is 2.34. The molecule has 1 aliphatic carbocycles. The van der Waals surface area contributed by atoms with Gasteiger partial charge in [0.25, 0.3) is 0 Å². The number of ether oxygens (including phenoxy) is 1. The summed E-state index contributed by atoms with van der Waals surface area (Å²) in [6.07, 6.45) is 3.70. The standard InChI is InChI=1S/C13H19ClN2O/c1-8-4-5-11(6-9(8)2)17-13-7-12(14)15-10(3)16-13/h7-9,11H,4-6H2,1-3H3. The topological polar surface area (TPSA) is 35.0 Å². The Kier molecular flexibility index (Phi) is 3.87. The molecule has 1 aliphatic rings. The molecule has 1 fully saturated rings. The van der Waals surface area contributed by atoms with Crippen LogP contribution in [0.3, 0.4) is 0 Å². The van der Waals surface area contributed by atoms with Crippen LogP contribution in [0.25, 0.3) is 0 Å². The van der Waals surface area contributed by atoms with E-state index in [1.807, 2.05) is 6.92 Å². The number of aryl methyl sites for hydroxylation is 1. The quantitative estimate of drug-likeness (QED) is 0.756. The Balaban J connectivity index is 2.01. The molecule has 1 aromatic heterocycles. The minimum absolute atomic E-state index is 0.270. The molecule has 0 radical (unpaired) electrons. The van der Waals surface area contributed by atoms with Crippen LogP contribution in [0.5, 0.6) is 5.88 Å². The van der Waals surface area contributed by atoms with E-state index < -0.39 is 0 Å². The summed E-state index contributed by atoms with van der Waals surface area (Å²) in [5.74, 6) is 2.77. The zero-order chi connectivity index (χ0) is 12.4. The first kappa shape index (κ1) is 12.6. The van der Waals surface area contributed by atoms with E-state index in [2.05, 4.69) is 23.8 Å². The Morgan fingerprint density at radius 3 is 2.65 bits per heavy atom. The average Bonchev–Trinajstić information content (AvgIpc) is 2.22. The molecule has 4 heteroatoms. The van der Waals surface area contributed by atoms with Gasteiger partial charge in [0.2, 0.25) is 5.88 Å². The number of hydrogen-bond acceptors (Lipinski definition) is 3. The lowest BCUT2D eigenvalue weighted by atomic mass is 9.80. The second kappa shape index (κ2) is 5.21. The predicted octanol–water partition coefficient (Wildman–Crippen LogP) is 3.64. The van der Waals surface area contributed by atoms with Crippen LogP contribution in [-0.2, 0) is 0 Å². The van der Waals surface area contributed by atoms with Gasteiger partial charge >= 0.3 is 0 Å². The van der Waals surface area contributed by atoms with E-state index in [4.69, 9.17) is 16.3 Å². The Labute approximate surface area is 108 Å². The highest BCUT2D eigenvalue weighted by Gasteiger charge is 2.26. The van der Waals surface area contributed by atoms with Crippen LogP contribution < -0.4 is 4.74 Å². The average molecular weight is 255 g/mol. The molecular formula is C13H19ClN2O. The molecule has 2 rings (SSSR count). The van der Waals surface area contributed by atoms with Gasteiger partial charge in [-0.3, -0.25) is 0 Å². The van der Waals surface area contributed by atoms with E-state index in [-0.39, 0.29) is 6.10 Å². The van der Waals surface area contributed by atoms with Gasteiger partial charge in [0.15, 0.2) is 0 Å². The first-order valence-corrected chi connectivity index (χ1v) is 6.60. The summed E-state index contributed by atoms with van der Waals surface area (Å²) < 4.78 is 5.90. The molecule has 94 valence electrons. The largest absolute Gasteiger partial charge is 0.474 e. The molecule has 3 unspecified atom stereocenters. The van der Waals surface area contributed by atoms with Crippen LogP contribution in [-0.4, -0.2) is 16.1 Å². The maximum absolute atomic E-state index is 5.90. The Hall–Kier alpha value is -0.830. The number of hydrogen-bond donors (Lipinski definition) is 0. The Morgan fingerprint density at radius 2 is 2.00 bits per heavy atom. The summed E-state index contributed by atoms with van der Waals surface area (Å²) in [4.78, 5) is 8.28. The number of halogens is 1. The monoisotopic (exact) mass is 254 g/mol. The van der Waals surface area contributed by atoms with Crippen molar-refractivity contribution < 1.29 is 4.74 Å². The minimum Gasteiger partial charge on any atom is -0.474 e. The fourth-order valence-corrected chi connectivity index (χ4v) is 2.56. The van der Waals surface area contributed by atoms with Crippen molar-refractivity contribution in [2.75, 3.05) is 0 Å². The molecule has 3 atom stereocenters. The lowest BCUT2D eigenvalue weighted by Crippen LogP contribution is -2.29. The van der Waals surface area contributed by atoms with Crippen LogP contribution >= 0.6 is 11.6 Å². The van der Waals surface area contributed by atoms with Gasteiger partial charge in [0, 0.05) is 6.07 Å². The third kappa shape index (κ3) is 3.32. The van der Waals surface area contributed by atoms with E-state index in [1.54, 1.807) is 6.07 Å². The van der Waals surface area contributed by atoms with Gasteiger partial charge in [-0.2, -0.15) is 4.98 Å². The molecule has 0 saturated heterocycles. The molecule has 0 N–H and O–H groups in total. The van der Waals surface area contributed by atoms with Crippen molar-refractivity contribution in [1.82, 2.24) is 9.97 Å². The van der Waals surface area contributed by atoms with Gasteiger partial charge < -0.3 is 4.74 Å². The van der Waals surface area contributed by atoms with Gasteiger partial charge in [-0.1, -0.05) is 25.4 Å². The van der Waals surface area contributed by atoms with Crippen LogP contribution in [0.15, 0.2) is 6.07 Å². The Bertz CT molecular complexity index is 377. The molecular weight excluding hydrogens is 236 g/mol. The van der Waals surface area contributed by atoms with Crippen molar-refractivity contribution in [1.29, 1.82) is 0 Å². The maximum atomic E-state index is 5.90. The van der Waals surface area contributed by atoms with Gasteiger partial charge in [0.05, 0.1) is 0 Å². The van der Waals surface area contributed by atoms with Crippen molar-refractivity contribution in [2.45, 2.75) is 46.1 Å². The summed E-state index contributed by atoms with van der Waals surface area (Å²) in [5.41, 5.74) is 0. The normalized spacial score (nSPS) is 29.1. The molecule has 3 nitrogen and oxygen atoms in total. The minimum atomic E-state index is 0.270. The third-order valence-electron chi connectivity index (χ3n) is 3.62. The molecule has 0 bridgehead atoms. The van der Waals surface area contributed by atoms with E-state index >= 15 is 0 Å². The maximum Gasteiger partial charge on any atom is 0.218 e. The summed E-state index contributed by atoms with van der Waals surface area (Å²) in [6.45, 7) is 6.43. The molecule has 0 spiro atoms. The number of nitrogens with zero attached hydrogens (tertiary/aromatic N) is 2. The SMILES string of the molecule is Cc1nc(Cl)cc(OC2CCC(C)C(C)C2)n1. The van der Waals surface area contributed by atoms with E-state index in [0.29, 0.717) is 22.8 Å². The first-order chi connectivity index (χ1) is 8.04. The highest BCUT2D eigenvalue weighted by atomic mass is 35.5. The summed E-state index contributed by atoms with van der Waals surface area (Å²) in [5, 5.41) is 0.449. The van der Waals surface area contributed by atoms with Crippen LogP contribution in [0.4, 0.5) is 0 Å². The molecule has 0 amide bonds. The van der Waals surface area contributed by atoms with Gasteiger partial charge in [-0.25, -0.2) is 4.98 Å². The van der Waals surface area contributed by atoms with Crippen molar-refractivity contribution >= 4 is 11.6 Å². The van der Waals surface area contributed by atoms with Gasteiger partial charge in [-0.05, 0) is 38.0 Å². The number of aromatic nitrogens is 2. The molecule has 1 aromatic rings. The molecule has 1 heterocycles. The van der Waals surface area contributed by atoms with E-state index in [0.717, 1.165) is 18.8 Å². The van der Waals surface area contributed by atoms with Gasteiger partial charge in [-0.15, -0.1) is 0 Å². The molecule has 17 heavy (non-hydrogen) atoms. The Morgan fingerprint density at radius 1 is 1.24 bits per heavy atom. The van der Waals surface area contributed by atoms with Crippen molar-refractivity contribution in [2.24, 2.45) is 11.8 Å². The summed E-state index contributed by atoms with van der Waals surface area (Å²) >= 11 is 5.89. The lowest BCUT2D eigenvalue weighted by Gasteiger charge is -2.31.